The lowest BCUT2D eigenvalue weighted by Gasteiger charge is -2.29. The van der Waals surface area contributed by atoms with Gasteiger partial charge in [0.05, 0.1) is 36.1 Å². The third-order valence-corrected chi connectivity index (χ3v) is 5.04. The van der Waals surface area contributed by atoms with Crippen molar-refractivity contribution >= 4 is 5.97 Å². The zero-order valence-corrected chi connectivity index (χ0v) is 17.2. The van der Waals surface area contributed by atoms with Gasteiger partial charge in [-0.2, -0.15) is 0 Å². The first-order valence-electron chi connectivity index (χ1n) is 9.84. The van der Waals surface area contributed by atoms with Gasteiger partial charge >= 0.3 is 5.97 Å². The highest BCUT2D eigenvalue weighted by Gasteiger charge is 2.30. The summed E-state index contributed by atoms with van der Waals surface area (Å²) >= 11 is 0. The number of ether oxygens (including phenoxy) is 2. The molecule has 158 valence electrons. The third-order valence-electron chi connectivity index (χ3n) is 5.04. The fourth-order valence-corrected chi connectivity index (χ4v) is 3.56. The van der Waals surface area contributed by atoms with Crippen molar-refractivity contribution < 1.29 is 23.8 Å². The van der Waals surface area contributed by atoms with Crippen LogP contribution in [0.4, 0.5) is 4.39 Å². The number of hydrogen-bond acceptors (Lipinski definition) is 7. The van der Waals surface area contributed by atoms with Gasteiger partial charge in [-0.1, -0.05) is 5.21 Å². The molecule has 9 heteroatoms. The van der Waals surface area contributed by atoms with Gasteiger partial charge < -0.3 is 14.6 Å². The van der Waals surface area contributed by atoms with Gasteiger partial charge in [-0.15, -0.1) is 5.10 Å². The predicted octanol–water partition coefficient (Wildman–Crippen LogP) is 2.71. The standard InChI is InChI=1S/C20H27FN4O4/c1-11(2)28-20(27)13-6-5-7-14(8-13)29-17-9-15(21)18(22-12(17)3)19-16(10-26)25(4)24-23-19/h9,11,13-14,26H,5-8,10H2,1-4H3/t13-,14-/m0/s1. The molecule has 0 radical (unpaired) electrons. The monoisotopic (exact) mass is 406 g/mol. The molecule has 0 saturated heterocycles. The van der Waals surface area contributed by atoms with E-state index in [4.69, 9.17) is 9.47 Å². The van der Waals surface area contributed by atoms with Gasteiger partial charge in [0.25, 0.3) is 0 Å². The first kappa shape index (κ1) is 21.2. The molecule has 2 aromatic heterocycles. The summed E-state index contributed by atoms with van der Waals surface area (Å²) in [5.74, 6) is -0.681. The summed E-state index contributed by atoms with van der Waals surface area (Å²) in [5, 5.41) is 17.2. The molecule has 1 aliphatic rings. The lowest BCUT2D eigenvalue weighted by atomic mass is 9.87. The molecule has 0 spiro atoms. The minimum absolute atomic E-state index is 0.0223. The zero-order chi connectivity index (χ0) is 21.1. The minimum Gasteiger partial charge on any atom is -0.488 e. The Labute approximate surface area is 169 Å². The Bertz CT molecular complexity index is 884. The van der Waals surface area contributed by atoms with Crippen LogP contribution in [0.1, 0.15) is 50.9 Å². The molecule has 29 heavy (non-hydrogen) atoms. The minimum atomic E-state index is -0.604. The molecule has 2 aromatic rings. The average molecular weight is 406 g/mol. The third kappa shape index (κ3) is 4.72. The number of aromatic nitrogens is 4. The molecule has 8 nitrogen and oxygen atoms in total. The van der Waals surface area contributed by atoms with E-state index in [1.165, 1.54) is 10.7 Å². The highest BCUT2D eigenvalue weighted by atomic mass is 19.1. The van der Waals surface area contributed by atoms with E-state index in [1.807, 2.05) is 13.8 Å². The SMILES string of the molecule is Cc1nc(-c2nnn(C)c2CO)c(F)cc1O[C@H]1CCC[C@H](C(=O)OC(C)C)C1. The summed E-state index contributed by atoms with van der Waals surface area (Å²) in [6, 6.07) is 1.28. The van der Waals surface area contributed by atoms with Crippen LogP contribution in [-0.4, -0.2) is 43.3 Å². The van der Waals surface area contributed by atoms with Crippen molar-refractivity contribution in [1.29, 1.82) is 0 Å². The second-order valence-electron chi connectivity index (χ2n) is 7.66. The van der Waals surface area contributed by atoms with E-state index in [9.17, 15) is 14.3 Å². The van der Waals surface area contributed by atoms with Crippen LogP contribution < -0.4 is 4.74 Å². The number of aryl methyl sites for hydroxylation is 2. The van der Waals surface area contributed by atoms with Crippen LogP contribution >= 0.6 is 0 Å². The van der Waals surface area contributed by atoms with E-state index >= 15 is 0 Å². The number of carbonyl (C=O) groups excluding carboxylic acids is 1. The van der Waals surface area contributed by atoms with Gasteiger partial charge in [0, 0.05) is 13.1 Å². The summed E-state index contributed by atoms with van der Waals surface area (Å²) < 4.78 is 27.5. The van der Waals surface area contributed by atoms with Gasteiger partial charge in [0.2, 0.25) is 0 Å². The molecule has 0 amide bonds. The molecule has 1 N–H and O–H groups in total. The first-order valence-corrected chi connectivity index (χ1v) is 9.84. The Morgan fingerprint density at radius 3 is 2.83 bits per heavy atom. The van der Waals surface area contributed by atoms with Gasteiger partial charge in [0.1, 0.15) is 17.1 Å². The van der Waals surface area contributed by atoms with Gasteiger partial charge in [-0.05, 0) is 46.5 Å². The second kappa shape index (κ2) is 8.86. The summed E-state index contributed by atoms with van der Waals surface area (Å²) in [6.45, 7) is 5.05. The van der Waals surface area contributed by atoms with Crippen LogP contribution in [0.5, 0.6) is 5.75 Å². The zero-order valence-electron chi connectivity index (χ0n) is 17.2. The largest absolute Gasteiger partial charge is 0.488 e. The second-order valence-corrected chi connectivity index (χ2v) is 7.66. The van der Waals surface area contributed by atoms with E-state index in [0.717, 1.165) is 19.3 Å². The van der Waals surface area contributed by atoms with Gasteiger partial charge in [-0.25, -0.2) is 14.1 Å². The lowest BCUT2D eigenvalue weighted by Crippen LogP contribution is -2.32. The Balaban J connectivity index is 1.76. The van der Waals surface area contributed by atoms with E-state index in [0.29, 0.717) is 23.6 Å². The van der Waals surface area contributed by atoms with Gasteiger partial charge in [0.15, 0.2) is 5.82 Å². The molecule has 1 fully saturated rings. The lowest BCUT2D eigenvalue weighted by molar-refractivity contribution is -0.154. The van der Waals surface area contributed by atoms with Gasteiger partial charge in [-0.3, -0.25) is 4.79 Å². The molecular weight excluding hydrogens is 379 g/mol. The maximum absolute atomic E-state index is 14.8. The van der Waals surface area contributed by atoms with Crippen molar-refractivity contribution in [1.82, 2.24) is 20.0 Å². The first-order chi connectivity index (χ1) is 13.8. The summed E-state index contributed by atoms with van der Waals surface area (Å²) in [6.07, 6.45) is 2.58. The fourth-order valence-electron chi connectivity index (χ4n) is 3.56. The van der Waals surface area contributed by atoms with Crippen molar-refractivity contribution in [3.05, 3.63) is 23.3 Å². The summed E-state index contributed by atoms with van der Waals surface area (Å²) in [5.41, 5.74) is 1.11. The van der Waals surface area contributed by atoms with Crippen LogP contribution in [0.2, 0.25) is 0 Å². The normalized spacial score (nSPS) is 19.4. The molecule has 2 atom stereocenters. The fraction of sp³-hybridized carbons (Fsp3) is 0.600. The molecule has 1 saturated carbocycles. The average Bonchev–Trinajstić information content (AvgIpc) is 3.04. The molecule has 0 bridgehead atoms. The van der Waals surface area contributed by atoms with Crippen LogP contribution in [0, 0.1) is 18.7 Å². The van der Waals surface area contributed by atoms with Crippen molar-refractivity contribution in [2.24, 2.45) is 13.0 Å². The maximum atomic E-state index is 14.8. The quantitative estimate of drug-likeness (QED) is 0.736. The van der Waals surface area contributed by atoms with Crippen LogP contribution in [0.25, 0.3) is 11.4 Å². The van der Waals surface area contributed by atoms with E-state index in [2.05, 4.69) is 15.3 Å². The number of carbonyl (C=O) groups is 1. The van der Waals surface area contributed by atoms with E-state index in [-0.39, 0.29) is 42.1 Å². The number of hydrogen-bond donors (Lipinski definition) is 1. The smallest absolute Gasteiger partial charge is 0.309 e. The number of aliphatic hydroxyl groups is 1. The number of halogens is 1. The molecule has 2 heterocycles. The number of esters is 1. The highest BCUT2D eigenvalue weighted by molar-refractivity contribution is 5.72. The van der Waals surface area contributed by atoms with Crippen molar-refractivity contribution in [3.63, 3.8) is 0 Å². The van der Waals surface area contributed by atoms with E-state index in [1.54, 1.807) is 14.0 Å². The predicted molar refractivity (Wildman–Crippen MR) is 102 cm³/mol. The number of rotatable bonds is 6. The number of aliphatic hydroxyl groups excluding tert-OH is 1. The topological polar surface area (TPSA) is 99.4 Å². The number of pyridine rings is 1. The van der Waals surface area contributed by atoms with Crippen LogP contribution in [0.15, 0.2) is 6.07 Å². The molecule has 0 unspecified atom stereocenters. The maximum Gasteiger partial charge on any atom is 0.309 e. The molecule has 1 aliphatic carbocycles. The molecule has 0 aliphatic heterocycles. The Kier molecular flexibility index (Phi) is 6.46. The molecule has 0 aromatic carbocycles. The summed E-state index contributed by atoms with van der Waals surface area (Å²) in [4.78, 5) is 16.5. The van der Waals surface area contributed by atoms with Crippen LogP contribution in [0.3, 0.4) is 0 Å². The Hall–Kier alpha value is -2.55. The van der Waals surface area contributed by atoms with Crippen molar-refractivity contribution in [3.8, 4) is 17.1 Å². The molecule has 3 rings (SSSR count). The summed E-state index contributed by atoms with van der Waals surface area (Å²) in [7, 11) is 1.62. The van der Waals surface area contributed by atoms with E-state index < -0.39 is 5.82 Å². The Morgan fingerprint density at radius 2 is 2.14 bits per heavy atom. The Morgan fingerprint density at radius 1 is 1.38 bits per heavy atom. The molecular formula is C20H27FN4O4. The van der Waals surface area contributed by atoms with Crippen molar-refractivity contribution in [2.45, 2.75) is 65.3 Å². The van der Waals surface area contributed by atoms with Crippen LogP contribution in [-0.2, 0) is 23.2 Å². The number of nitrogens with zero attached hydrogens (tertiary/aromatic N) is 4. The van der Waals surface area contributed by atoms with Crippen molar-refractivity contribution in [2.75, 3.05) is 0 Å². The highest BCUT2D eigenvalue weighted by Crippen LogP contribution is 2.32.